The molecule has 1 aromatic rings. The van der Waals surface area contributed by atoms with Crippen LogP contribution < -0.4 is 9.82 Å². The maximum Gasteiger partial charge on any atom is 0.323 e. The molecule has 170 valence electrons. The van der Waals surface area contributed by atoms with Crippen LogP contribution in [0.4, 0.5) is 0 Å². The Hall–Kier alpha value is -1.40. The van der Waals surface area contributed by atoms with Crippen molar-refractivity contribution in [3.63, 3.8) is 0 Å². The van der Waals surface area contributed by atoms with Crippen LogP contribution in [0.15, 0.2) is 18.2 Å². The third kappa shape index (κ3) is 6.81. The molecule has 1 aliphatic rings. The quantitative estimate of drug-likeness (QED) is 0.262. The highest BCUT2D eigenvalue weighted by molar-refractivity contribution is 7.56. The predicted molar refractivity (Wildman–Crippen MR) is 117 cm³/mol. The highest BCUT2D eigenvalue weighted by atomic mass is 31.2. The number of hydrogen-bond acceptors (Lipinski definition) is 6. The normalized spacial score (nSPS) is 18.0. The summed E-state index contributed by atoms with van der Waals surface area (Å²) >= 11 is 0. The van der Waals surface area contributed by atoms with Gasteiger partial charge < -0.3 is 14.2 Å². The zero-order chi connectivity index (χ0) is 22.3. The summed E-state index contributed by atoms with van der Waals surface area (Å²) in [5.41, 5.74) is 2.25. The molecule has 0 bridgehead atoms. The summed E-state index contributed by atoms with van der Waals surface area (Å²) in [4.78, 5) is 11.9. The first-order valence-corrected chi connectivity index (χ1v) is 12.5. The van der Waals surface area contributed by atoms with E-state index in [0.717, 1.165) is 16.9 Å². The lowest BCUT2D eigenvalue weighted by Gasteiger charge is -2.24. The Labute approximate surface area is 180 Å². The maximum absolute atomic E-state index is 13.1. The van der Waals surface area contributed by atoms with E-state index in [4.69, 9.17) is 18.7 Å². The van der Waals surface area contributed by atoms with E-state index in [9.17, 15) is 9.36 Å². The fraction of sp³-hybridized carbons (Fsp3) is 0.682. The van der Waals surface area contributed by atoms with Gasteiger partial charge in [0.2, 0.25) is 0 Å². The number of benzene rings is 1. The van der Waals surface area contributed by atoms with Crippen LogP contribution in [0.5, 0.6) is 5.75 Å². The van der Waals surface area contributed by atoms with E-state index >= 15 is 0 Å². The maximum atomic E-state index is 13.1. The molecule has 3 atom stereocenters. The molecule has 8 heteroatoms. The molecule has 0 amide bonds. The Morgan fingerprint density at radius 1 is 1.20 bits per heavy atom. The van der Waals surface area contributed by atoms with Gasteiger partial charge in [0.1, 0.15) is 18.1 Å². The van der Waals surface area contributed by atoms with Crippen molar-refractivity contribution >= 4 is 13.5 Å². The molecule has 0 heterocycles. The van der Waals surface area contributed by atoms with Crippen molar-refractivity contribution in [2.24, 2.45) is 5.92 Å². The van der Waals surface area contributed by atoms with E-state index in [1.807, 2.05) is 0 Å². The molecule has 1 fully saturated rings. The smallest absolute Gasteiger partial charge is 0.323 e. The second-order valence-electron chi connectivity index (χ2n) is 8.13. The van der Waals surface area contributed by atoms with Crippen LogP contribution >= 0.6 is 7.52 Å². The zero-order valence-corrected chi connectivity index (χ0v) is 19.9. The second kappa shape index (κ2) is 11.3. The average molecular weight is 442 g/mol. The van der Waals surface area contributed by atoms with Gasteiger partial charge in [-0.3, -0.25) is 13.9 Å². The van der Waals surface area contributed by atoms with Crippen molar-refractivity contribution in [1.29, 1.82) is 0 Å². The molecule has 1 saturated carbocycles. The molecule has 2 rings (SSSR count). The number of carbonyl (C=O) groups excluding carboxylic acids is 1. The molecule has 30 heavy (non-hydrogen) atoms. The Morgan fingerprint density at radius 3 is 2.43 bits per heavy atom. The molecular formula is C22H36NO6P. The first-order chi connectivity index (χ1) is 14.2. The molecule has 1 aromatic carbocycles. The average Bonchev–Trinajstić information content (AvgIpc) is 3.53. The van der Waals surface area contributed by atoms with Crippen LogP contribution in [0, 0.1) is 5.92 Å². The first kappa shape index (κ1) is 24.9. The van der Waals surface area contributed by atoms with Crippen molar-refractivity contribution in [3.05, 3.63) is 29.3 Å². The Morgan fingerprint density at radius 2 is 1.87 bits per heavy atom. The van der Waals surface area contributed by atoms with Gasteiger partial charge in [0.05, 0.1) is 6.61 Å². The third-order valence-corrected chi connectivity index (χ3v) is 7.21. The van der Waals surface area contributed by atoms with Crippen molar-refractivity contribution in [3.8, 4) is 5.75 Å². The first-order valence-electron chi connectivity index (χ1n) is 10.6. The molecular weight excluding hydrogens is 405 g/mol. The zero-order valence-electron chi connectivity index (χ0n) is 19.0. The van der Waals surface area contributed by atoms with Crippen LogP contribution in [0.25, 0.3) is 0 Å². The number of ether oxygens (including phenoxy) is 3. The minimum atomic E-state index is -3.47. The summed E-state index contributed by atoms with van der Waals surface area (Å²) in [6.45, 7) is 9.79. The van der Waals surface area contributed by atoms with Crippen LogP contribution in [0.1, 0.15) is 70.4 Å². The van der Waals surface area contributed by atoms with E-state index in [0.29, 0.717) is 11.8 Å². The third-order valence-electron chi connectivity index (χ3n) is 5.31. The lowest BCUT2D eigenvalue weighted by atomic mass is 9.90. The molecule has 1 aliphatic carbocycles. The standard InChI is InChI=1S/C22H36NO6P/c1-7-27-22(24)17(5)23-30(25,14-26-6)29-13-28-21-19(15(2)3)9-8-10-20(21)16(4)18-11-12-18/h8-10,15-18H,7,11-14H2,1-6H3,(H,23,25). The molecule has 7 nitrogen and oxygen atoms in total. The van der Waals surface area contributed by atoms with E-state index in [2.05, 4.69) is 44.1 Å². The topological polar surface area (TPSA) is 83.1 Å². The van der Waals surface area contributed by atoms with Gasteiger partial charge >= 0.3 is 5.97 Å². The highest BCUT2D eigenvalue weighted by Gasteiger charge is 2.32. The lowest BCUT2D eigenvalue weighted by molar-refractivity contribution is -0.144. The monoisotopic (exact) mass is 441 g/mol. The van der Waals surface area contributed by atoms with Crippen molar-refractivity contribution in [2.75, 3.05) is 26.9 Å². The molecule has 0 radical (unpaired) electrons. The fourth-order valence-electron chi connectivity index (χ4n) is 3.47. The molecule has 0 aromatic heterocycles. The fourth-order valence-corrected chi connectivity index (χ4v) is 4.95. The largest absolute Gasteiger partial charge is 0.466 e. The second-order valence-corrected chi connectivity index (χ2v) is 10.3. The number of nitrogens with one attached hydrogen (secondary N) is 1. The summed E-state index contributed by atoms with van der Waals surface area (Å²) < 4.78 is 34.8. The number of esters is 1. The van der Waals surface area contributed by atoms with Gasteiger partial charge in [0.25, 0.3) is 7.52 Å². The summed E-state index contributed by atoms with van der Waals surface area (Å²) in [6, 6.07) is 5.42. The number of para-hydroxylation sites is 1. The number of methoxy groups -OCH3 is 1. The number of carbonyl (C=O) groups is 1. The lowest BCUT2D eigenvalue weighted by Crippen LogP contribution is -2.35. The SMILES string of the molecule is CCOC(=O)C(C)NP(=O)(COC)OCOc1c(C(C)C)cccc1C(C)C1CC1. The van der Waals surface area contributed by atoms with Crippen molar-refractivity contribution < 1.29 is 28.1 Å². The molecule has 1 N–H and O–H groups in total. The van der Waals surface area contributed by atoms with E-state index < -0.39 is 19.5 Å². The van der Waals surface area contributed by atoms with Gasteiger partial charge in [-0.15, -0.1) is 0 Å². The molecule has 0 aliphatic heterocycles. The van der Waals surface area contributed by atoms with Crippen LogP contribution in [-0.4, -0.2) is 38.9 Å². The van der Waals surface area contributed by atoms with Gasteiger partial charge in [0.15, 0.2) is 6.79 Å². The molecule has 0 saturated heterocycles. The van der Waals surface area contributed by atoms with Gasteiger partial charge in [-0.2, -0.15) is 0 Å². The summed E-state index contributed by atoms with van der Waals surface area (Å²) in [7, 11) is -2.04. The van der Waals surface area contributed by atoms with Crippen LogP contribution in [-0.2, 0) is 23.4 Å². The van der Waals surface area contributed by atoms with Crippen molar-refractivity contribution in [2.45, 2.75) is 65.3 Å². The highest BCUT2D eigenvalue weighted by Crippen LogP contribution is 2.47. The van der Waals surface area contributed by atoms with Gasteiger partial charge in [-0.1, -0.05) is 39.0 Å². The molecule has 0 spiro atoms. The minimum Gasteiger partial charge on any atom is -0.466 e. The van der Waals surface area contributed by atoms with Crippen LogP contribution in [0.3, 0.4) is 0 Å². The Kier molecular flexibility index (Phi) is 9.35. The summed E-state index contributed by atoms with van der Waals surface area (Å²) in [5.74, 6) is 1.66. The number of hydrogen-bond donors (Lipinski definition) is 1. The van der Waals surface area contributed by atoms with Gasteiger partial charge in [-0.05, 0) is 55.6 Å². The van der Waals surface area contributed by atoms with E-state index in [1.165, 1.54) is 20.0 Å². The summed E-state index contributed by atoms with van der Waals surface area (Å²) in [5, 5.41) is 2.72. The van der Waals surface area contributed by atoms with E-state index in [-0.39, 0.29) is 25.7 Å². The minimum absolute atomic E-state index is 0.183. The van der Waals surface area contributed by atoms with E-state index in [1.54, 1.807) is 13.8 Å². The van der Waals surface area contributed by atoms with Gasteiger partial charge in [0, 0.05) is 7.11 Å². The predicted octanol–water partition coefficient (Wildman–Crippen LogP) is 5.01. The summed E-state index contributed by atoms with van der Waals surface area (Å²) in [6.07, 6.45) is 2.29. The number of rotatable bonds is 13. The Bertz CT molecular complexity index is 749. The Balaban J connectivity index is 2.12. The van der Waals surface area contributed by atoms with Crippen molar-refractivity contribution in [1.82, 2.24) is 5.09 Å². The molecule has 3 unspecified atom stereocenters. The van der Waals surface area contributed by atoms with Crippen LogP contribution in [0.2, 0.25) is 0 Å². The van der Waals surface area contributed by atoms with Gasteiger partial charge in [-0.25, -0.2) is 5.09 Å².